The van der Waals surface area contributed by atoms with Crippen molar-refractivity contribution in [2.45, 2.75) is 32.1 Å². The van der Waals surface area contributed by atoms with Gasteiger partial charge in [-0.1, -0.05) is 60.8 Å². The Hall–Kier alpha value is -1.30. The Bertz CT molecular complexity index is 185. The Kier molecular flexibility index (Phi) is 7.27. The molecule has 1 rings (SSSR count). The molecule has 0 aromatic heterocycles. The van der Waals surface area contributed by atoms with Crippen molar-refractivity contribution in [1.82, 2.24) is 0 Å². The highest BCUT2D eigenvalue weighted by Gasteiger charge is 1.76. The molecule has 0 amide bonds. The highest BCUT2D eigenvalue weighted by atomic mass is 13.8. The lowest BCUT2D eigenvalue weighted by Crippen LogP contribution is -1.62. The van der Waals surface area contributed by atoms with E-state index in [0.717, 1.165) is 32.1 Å². The summed E-state index contributed by atoms with van der Waals surface area (Å²) in [6.45, 7) is 0. The maximum atomic E-state index is 2.22. The lowest BCUT2D eigenvalue weighted by molar-refractivity contribution is 1.27. The Balaban J connectivity index is 2.41. The summed E-state index contributed by atoms with van der Waals surface area (Å²) in [5.41, 5.74) is 0. The zero-order chi connectivity index (χ0) is 10.6. The van der Waals surface area contributed by atoms with E-state index in [-0.39, 0.29) is 0 Å². The molecule has 0 fully saturated rings. The van der Waals surface area contributed by atoms with E-state index in [0.29, 0.717) is 0 Å². The summed E-state index contributed by atoms with van der Waals surface area (Å²) < 4.78 is 0. The highest BCUT2D eigenvalue weighted by molar-refractivity contribution is 5.03. The van der Waals surface area contributed by atoms with Crippen LogP contribution >= 0.6 is 0 Å². The highest BCUT2D eigenvalue weighted by Crippen LogP contribution is 1.97. The van der Waals surface area contributed by atoms with Gasteiger partial charge in [-0.2, -0.15) is 0 Å². The standard InChI is InChI=1S/C15H20/c1-2-4-6-8-10-12-14-15-13-11-9-7-5-3-1/h1-2,5-8,11-14H,3-4,9-10,15H2/b2-1-,7-5-,8-6-,13-11-,14-12-. The quantitative estimate of drug-likeness (QED) is 0.496. The van der Waals surface area contributed by atoms with Gasteiger partial charge in [0, 0.05) is 0 Å². The predicted molar refractivity (Wildman–Crippen MR) is 68.8 cm³/mol. The molecule has 1 aliphatic carbocycles. The van der Waals surface area contributed by atoms with Crippen LogP contribution < -0.4 is 0 Å². The molecule has 0 bridgehead atoms. The van der Waals surface area contributed by atoms with Crippen LogP contribution in [0.15, 0.2) is 60.8 Å². The Morgan fingerprint density at radius 3 is 0.533 bits per heavy atom. The van der Waals surface area contributed by atoms with E-state index in [2.05, 4.69) is 60.8 Å². The third-order valence-corrected chi connectivity index (χ3v) is 2.19. The average molecular weight is 200 g/mol. The first-order valence-electron chi connectivity index (χ1n) is 5.75. The number of hydrogen-bond acceptors (Lipinski definition) is 0. The van der Waals surface area contributed by atoms with Crippen molar-refractivity contribution in [3.05, 3.63) is 60.8 Å². The van der Waals surface area contributed by atoms with Gasteiger partial charge < -0.3 is 0 Å². The van der Waals surface area contributed by atoms with Crippen LogP contribution in [0, 0.1) is 0 Å². The topological polar surface area (TPSA) is 0 Å². The molecule has 80 valence electrons. The maximum Gasteiger partial charge on any atom is -0.0169 e. The van der Waals surface area contributed by atoms with E-state index in [9.17, 15) is 0 Å². The van der Waals surface area contributed by atoms with Crippen LogP contribution in [0.5, 0.6) is 0 Å². The second kappa shape index (κ2) is 9.26. The molecule has 0 saturated heterocycles. The van der Waals surface area contributed by atoms with Gasteiger partial charge in [0.1, 0.15) is 0 Å². The van der Waals surface area contributed by atoms with Gasteiger partial charge in [-0.25, -0.2) is 0 Å². The average Bonchev–Trinajstić information content (AvgIpc) is 2.27. The van der Waals surface area contributed by atoms with E-state index in [1.807, 2.05) is 0 Å². The molecule has 0 unspecified atom stereocenters. The summed E-state index contributed by atoms with van der Waals surface area (Å²) >= 11 is 0. The molecule has 0 nitrogen and oxygen atoms in total. The molecule has 0 N–H and O–H groups in total. The first-order valence-corrected chi connectivity index (χ1v) is 5.75. The van der Waals surface area contributed by atoms with Gasteiger partial charge in [-0.05, 0) is 32.1 Å². The minimum Gasteiger partial charge on any atom is -0.0844 e. The number of hydrogen-bond donors (Lipinski definition) is 0. The van der Waals surface area contributed by atoms with E-state index < -0.39 is 0 Å². The summed E-state index contributed by atoms with van der Waals surface area (Å²) in [7, 11) is 0. The van der Waals surface area contributed by atoms with Crippen LogP contribution in [0.2, 0.25) is 0 Å². The molecule has 0 aromatic carbocycles. The van der Waals surface area contributed by atoms with Gasteiger partial charge in [-0.15, -0.1) is 0 Å². The molecule has 0 saturated carbocycles. The van der Waals surface area contributed by atoms with Crippen molar-refractivity contribution in [3.8, 4) is 0 Å². The second-order valence-electron chi connectivity index (χ2n) is 3.54. The number of rotatable bonds is 0. The SMILES string of the molecule is C1=C\C/C=C\C/C=C\C/C=C\C/C=C\C/1. The fourth-order valence-corrected chi connectivity index (χ4v) is 1.36. The van der Waals surface area contributed by atoms with Gasteiger partial charge in [0.25, 0.3) is 0 Å². The van der Waals surface area contributed by atoms with Crippen molar-refractivity contribution in [1.29, 1.82) is 0 Å². The largest absolute Gasteiger partial charge is 0.0844 e. The summed E-state index contributed by atoms with van der Waals surface area (Å²) in [5.74, 6) is 0. The summed E-state index contributed by atoms with van der Waals surface area (Å²) in [4.78, 5) is 0. The van der Waals surface area contributed by atoms with Gasteiger partial charge in [0.2, 0.25) is 0 Å². The second-order valence-corrected chi connectivity index (χ2v) is 3.54. The summed E-state index contributed by atoms with van der Waals surface area (Å²) in [6.07, 6.45) is 27.5. The van der Waals surface area contributed by atoms with Crippen molar-refractivity contribution in [2.75, 3.05) is 0 Å². The molecule has 0 spiro atoms. The predicted octanol–water partition coefficient (Wildman–Crippen LogP) is 4.73. The van der Waals surface area contributed by atoms with Crippen molar-refractivity contribution >= 4 is 0 Å². The summed E-state index contributed by atoms with van der Waals surface area (Å²) in [6, 6.07) is 0. The first-order chi connectivity index (χ1) is 7.50. The minimum atomic E-state index is 1.06. The molecule has 0 aromatic rings. The van der Waals surface area contributed by atoms with Crippen LogP contribution in [0.4, 0.5) is 0 Å². The lowest BCUT2D eigenvalue weighted by Gasteiger charge is -1.83. The molecule has 0 aliphatic heterocycles. The van der Waals surface area contributed by atoms with Gasteiger partial charge in [-0.3, -0.25) is 0 Å². The molecular weight excluding hydrogens is 180 g/mol. The van der Waals surface area contributed by atoms with Crippen LogP contribution in [0.1, 0.15) is 32.1 Å². The van der Waals surface area contributed by atoms with Crippen LogP contribution in [-0.2, 0) is 0 Å². The molecular formula is C15H20. The maximum absolute atomic E-state index is 2.22. The molecule has 15 heavy (non-hydrogen) atoms. The normalized spacial score (nSPS) is 29.3. The zero-order valence-corrected chi connectivity index (χ0v) is 9.31. The smallest absolute Gasteiger partial charge is 0.0169 e. The van der Waals surface area contributed by atoms with Gasteiger partial charge in [0.15, 0.2) is 0 Å². The summed E-state index contributed by atoms with van der Waals surface area (Å²) in [5, 5.41) is 0. The molecule has 0 heterocycles. The van der Waals surface area contributed by atoms with Crippen LogP contribution in [-0.4, -0.2) is 0 Å². The third-order valence-electron chi connectivity index (χ3n) is 2.19. The molecule has 1 aliphatic rings. The molecule has 0 atom stereocenters. The van der Waals surface area contributed by atoms with Crippen LogP contribution in [0.25, 0.3) is 0 Å². The number of allylic oxidation sites excluding steroid dienone is 10. The van der Waals surface area contributed by atoms with E-state index in [1.54, 1.807) is 0 Å². The Labute approximate surface area is 93.4 Å². The lowest BCUT2D eigenvalue weighted by atomic mass is 10.2. The van der Waals surface area contributed by atoms with Crippen molar-refractivity contribution in [3.63, 3.8) is 0 Å². The molecule has 0 radical (unpaired) electrons. The Morgan fingerprint density at radius 1 is 0.267 bits per heavy atom. The van der Waals surface area contributed by atoms with Crippen molar-refractivity contribution in [2.24, 2.45) is 0 Å². The first kappa shape index (κ1) is 11.8. The monoisotopic (exact) mass is 200 g/mol. The fourth-order valence-electron chi connectivity index (χ4n) is 1.36. The van der Waals surface area contributed by atoms with E-state index >= 15 is 0 Å². The third kappa shape index (κ3) is 7.75. The van der Waals surface area contributed by atoms with Gasteiger partial charge >= 0.3 is 0 Å². The van der Waals surface area contributed by atoms with Crippen molar-refractivity contribution < 1.29 is 0 Å². The Morgan fingerprint density at radius 2 is 0.400 bits per heavy atom. The minimum absolute atomic E-state index is 1.06. The van der Waals surface area contributed by atoms with E-state index in [4.69, 9.17) is 0 Å². The van der Waals surface area contributed by atoms with Crippen LogP contribution in [0.3, 0.4) is 0 Å². The van der Waals surface area contributed by atoms with E-state index in [1.165, 1.54) is 0 Å². The van der Waals surface area contributed by atoms with Gasteiger partial charge in [0.05, 0.1) is 0 Å². The molecule has 0 heteroatoms. The fraction of sp³-hybridized carbons (Fsp3) is 0.333. The zero-order valence-electron chi connectivity index (χ0n) is 9.31.